The summed E-state index contributed by atoms with van der Waals surface area (Å²) in [5.74, 6) is -0.450. The number of hydrogen-bond donors (Lipinski definition) is 1. The molecular weight excluding hydrogens is 326 g/mol. The van der Waals surface area contributed by atoms with Gasteiger partial charge in [0.15, 0.2) is 0 Å². The lowest BCUT2D eigenvalue weighted by atomic mass is 10.1. The van der Waals surface area contributed by atoms with Crippen molar-refractivity contribution in [3.05, 3.63) is 38.2 Å². The molecule has 0 aromatic carbocycles. The van der Waals surface area contributed by atoms with E-state index in [1.807, 2.05) is 4.90 Å². The summed E-state index contributed by atoms with van der Waals surface area (Å²) in [4.78, 5) is 27.5. The van der Waals surface area contributed by atoms with Gasteiger partial charge in [-0.1, -0.05) is 0 Å². The number of rotatable bonds is 4. The molecule has 4 nitrogen and oxygen atoms in total. The Kier molecular flexibility index (Phi) is 4.32. The van der Waals surface area contributed by atoms with Crippen LogP contribution in [0.3, 0.4) is 0 Å². The van der Waals surface area contributed by atoms with E-state index in [0.717, 1.165) is 17.9 Å². The monoisotopic (exact) mass is 339 g/mol. The van der Waals surface area contributed by atoms with Crippen LogP contribution in [0.4, 0.5) is 0 Å². The van der Waals surface area contributed by atoms with Gasteiger partial charge in [0.1, 0.15) is 4.88 Å². The quantitative estimate of drug-likeness (QED) is 0.869. The van der Waals surface area contributed by atoms with Crippen LogP contribution in [-0.4, -0.2) is 34.2 Å². The molecule has 0 bridgehead atoms. The van der Waals surface area contributed by atoms with Gasteiger partial charge < -0.3 is 10.0 Å². The Balaban J connectivity index is 1.56. The van der Waals surface area contributed by atoms with Gasteiger partial charge in [0.05, 0.1) is 5.75 Å². The van der Waals surface area contributed by atoms with Crippen molar-refractivity contribution in [2.24, 2.45) is 0 Å². The first-order valence-corrected chi connectivity index (χ1v) is 9.15. The number of carboxylic acid groups (broad SMARTS) is 1. The van der Waals surface area contributed by atoms with Crippen LogP contribution in [0.15, 0.2) is 27.8 Å². The second-order valence-corrected chi connectivity index (χ2v) is 7.64. The van der Waals surface area contributed by atoms with E-state index in [2.05, 4.69) is 11.4 Å². The van der Waals surface area contributed by atoms with Crippen LogP contribution in [0, 0.1) is 0 Å². The topological polar surface area (TPSA) is 57.6 Å². The van der Waals surface area contributed by atoms with Crippen LogP contribution in [0.1, 0.15) is 20.1 Å². The van der Waals surface area contributed by atoms with Gasteiger partial charge in [0.25, 0.3) is 0 Å². The largest absolute Gasteiger partial charge is 0.477 e. The normalized spacial score (nSPS) is 14.0. The maximum absolute atomic E-state index is 12.2. The molecule has 1 N–H and O–H groups in total. The summed E-state index contributed by atoms with van der Waals surface area (Å²) in [5, 5.41) is 12.7. The van der Waals surface area contributed by atoms with Crippen LogP contribution in [0.25, 0.3) is 0 Å². The molecule has 0 aliphatic carbocycles. The number of thiophene rings is 2. The van der Waals surface area contributed by atoms with Crippen LogP contribution in [0.5, 0.6) is 0 Å². The van der Waals surface area contributed by atoms with Gasteiger partial charge in [0, 0.05) is 28.2 Å². The highest BCUT2D eigenvalue weighted by Crippen LogP contribution is 2.27. The van der Waals surface area contributed by atoms with Gasteiger partial charge >= 0.3 is 5.97 Å². The van der Waals surface area contributed by atoms with Gasteiger partial charge in [-0.3, -0.25) is 4.79 Å². The summed E-state index contributed by atoms with van der Waals surface area (Å²) in [6.07, 6.45) is 0.936. The molecule has 7 heteroatoms. The van der Waals surface area contributed by atoms with Gasteiger partial charge in [0.2, 0.25) is 5.91 Å². The molecule has 0 saturated carbocycles. The Hall–Kier alpha value is -1.31. The molecule has 3 rings (SSSR count). The molecule has 0 unspecified atom stereocenters. The highest BCUT2D eigenvalue weighted by molar-refractivity contribution is 8.00. The summed E-state index contributed by atoms with van der Waals surface area (Å²) >= 11 is 4.35. The van der Waals surface area contributed by atoms with Gasteiger partial charge in [-0.05, 0) is 29.5 Å². The molecule has 21 heavy (non-hydrogen) atoms. The van der Waals surface area contributed by atoms with Crippen molar-refractivity contribution >= 4 is 46.3 Å². The Labute approximate surface area is 134 Å². The second kappa shape index (κ2) is 6.21. The third-order valence-corrected chi connectivity index (χ3v) is 6.36. The van der Waals surface area contributed by atoms with E-state index in [9.17, 15) is 9.59 Å². The zero-order valence-electron chi connectivity index (χ0n) is 11.1. The standard InChI is InChI=1S/C14H13NO3S3/c16-13(8-20-10-5-12(14(17)18)21-7-10)15-3-1-11-9(6-15)2-4-19-11/h2,4-5,7H,1,3,6,8H2,(H,17,18). The van der Waals surface area contributed by atoms with E-state index in [-0.39, 0.29) is 5.91 Å². The minimum Gasteiger partial charge on any atom is -0.477 e. The van der Waals surface area contributed by atoms with E-state index in [1.165, 1.54) is 33.5 Å². The lowest BCUT2D eigenvalue weighted by molar-refractivity contribution is -0.129. The van der Waals surface area contributed by atoms with Crippen LogP contribution < -0.4 is 0 Å². The fourth-order valence-corrected chi connectivity index (χ4v) is 4.87. The maximum atomic E-state index is 12.2. The number of thioether (sulfide) groups is 1. The average molecular weight is 339 g/mol. The first-order chi connectivity index (χ1) is 10.1. The lowest BCUT2D eigenvalue weighted by Gasteiger charge is -2.26. The Bertz CT molecular complexity index is 677. The molecule has 0 atom stereocenters. The fraction of sp³-hybridized carbons (Fsp3) is 0.286. The molecule has 2 aromatic rings. The molecule has 3 heterocycles. The summed E-state index contributed by atoms with van der Waals surface area (Å²) in [6, 6.07) is 3.71. The number of aromatic carboxylic acids is 1. The summed E-state index contributed by atoms with van der Waals surface area (Å²) < 4.78 is 0. The van der Waals surface area contributed by atoms with Crippen LogP contribution >= 0.6 is 34.4 Å². The summed E-state index contributed by atoms with van der Waals surface area (Å²) in [7, 11) is 0. The Morgan fingerprint density at radius 2 is 2.24 bits per heavy atom. The molecule has 0 saturated heterocycles. The number of carbonyl (C=O) groups is 2. The third-order valence-electron chi connectivity index (χ3n) is 3.31. The van der Waals surface area contributed by atoms with Crippen molar-refractivity contribution in [1.29, 1.82) is 0 Å². The number of fused-ring (bicyclic) bond motifs is 1. The molecule has 1 aliphatic heterocycles. The van der Waals surface area contributed by atoms with Crippen molar-refractivity contribution < 1.29 is 14.7 Å². The third kappa shape index (κ3) is 3.30. The highest BCUT2D eigenvalue weighted by Gasteiger charge is 2.21. The molecule has 2 aromatic heterocycles. The molecule has 0 fully saturated rings. The van der Waals surface area contributed by atoms with E-state index >= 15 is 0 Å². The lowest BCUT2D eigenvalue weighted by Crippen LogP contribution is -2.36. The number of hydrogen-bond acceptors (Lipinski definition) is 5. The number of carbonyl (C=O) groups excluding carboxylic acids is 1. The van der Waals surface area contributed by atoms with Crippen molar-refractivity contribution in [2.45, 2.75) is 17.9 Å². The maximum Gasteiger partial charge on any atom is 0.345 e. The van der Waals surface area contributed by atoms with Crippen molar-refractivity contribution in [2.75, 3.05) is 12.3 Å². The van der Waals surface area contributed by atoms with E-state index in [1.54, 1.807) is 22.8 Å². The Morgan fingerprint density at radius 1 is 1.38 bits per heavy atom. The van der Waals surface area contributed by atoms with Crippen LogP contribution in [0.2, 0.25) is 0 Å². The van der Waals surface area contributed by atoms with Crippen molar-refractivity contribution in [3.8, 4) is 0 Å². The molecule has 1 amide bonds. The predicted octanol–water partition coefficient (Wildman–Crippen LogP) is 3.18. The van der Waals surface area contributed by atoms with Crippen molar-refractivity contribution in [1.82, 2.24) is 4.90 Å². The zero-order chi connectivity index (χ0) is 14.8. The van der Waals surface area contributed by atoms with Gasteiger partial charge in [-0.2, -0.15) is 0 Å². The van der Waals surface area contributed by atoms with Gasteiger partial charge in [-0.25, -0.2) is 4.79 Å². The minimum absolute atomic E-state index is 0.111. The second-order valence-electron chi connectivity index (χ2n) is 4.67. The SMILES string of the molecule is O=C(O)c1cc(SCC(=O)N2CCc3sccc3C2)cs1. The predicted molar refractivity (Wildman–Crippen MR) is 85.4 cm³/mol. The van der Waals surface area contributed by atoms with E-state index in [4.69, 9.17) is 5.11 Å². The highest BCUT2D eigenvalue weighted by atomic mass is 32.2. The summed E-state index contributed by atoms with van der Waals surface area (Å²) in [6.45, 7) is 1.47. The number of amides is 1. The molecular formula is C14H13NO3S3. The number of nitrogens with zero attached hydrogens (tertiary/aromatic N) is 1. The molecule has 0 radical (unpaired) electrons. The van der Waals surface area contributed by atoms with Crippen molar-refractivity contribution in [3.63, 3.8) is 0 Å². The molecule has 1 aliphatic rings. The zero-order valence-corrected chi connectivity index (χ0v) is 13.5. The van der Waals surface area contributed by atoms with Crippen LogP contribution in [-0.2, 0) is 17.8 Å². The molecule has 0 spiro atoms. The number of carboxylic acids is 1. The van der Waals surface area contributed by atoms with E-state index in [0.29, 0.717) is 17.2 Å². The Morgan fingerprint density at radius 3 is 3.00 bits per heavy atom. The smallest absolute Gasteiger partial charge is 0.345 e. The first-order valence-electron chi connectivity index (χ1n) is 6.41. The van der Waals surface area contributed by atoms with E-state index < -0.39 is 5.97 Å². The summed E-state index contributed by atoms with van der Waals surface area (Å²) in [5.41, 5.74) is 1.26. The average Bonchev–Trinajstić information content (AvgIpc) is 3.12. The first kappa shape index (κ1) is 14.6. The minimum atomic E-state index is -0.917. The fourth-order valence-electron chi connectivity index (χ4n) is 2.20. The van der Waals surface area contributed by atoms with Gasteiger partial charge in [-0.15, -0.1) is 34.4 Å². The molecule has 110 valence electrons.